The lowest BCUT2D eigenvalue weighted by Crippen LogP contribution is -2.39. The van der Waals surface area contributed by atoms with Crippen LogP contribution in [0.1, 0.15) is 24.8 Å². The summed E-state index contributed by atoms with van der Waals surface area (Å²) in [6, 6.07) is 14.1. The molecule has 0 bridgehead atoms. The molecule has 0 saturated carbocycles. The fourth-order valence-corrected chi connectivity index (χ4v) is 5.17. The number of rotatable bonds is 6. The number of carbonyl (C=O) groups excluding carboxylic acids is 1. The van der Waals surface area contributed by atoms with E-state index in [0.29, 0.717) is 49.5 Å². The van der Waals surface area contributed by atoms with Crippen molar-refractivity contribution in [2.24, 2.45) is 5.92 Å². The van der Waals surface area contributed by atoms with E-state index in [-0.39, 0.29) is 18.6 Å². The quantitative estimate of drug-likeness (QED) is 0.782. The van der Waals surface area contributed by atoms with Crippen molar-refractivity contribution in [3.63, 3.8) is 0 Å². The van der Waals surface area contributed by atoms with E-state index in [4.69, 9.17) is 9.47 Å². The minimum Gasteiger partial charge on any atom is -0.454 e. The summed E-state index contributed by atoms with van der Waals surface area (Å²) in [7, 11) is -3.45. The van der Waals surface area contributed by atoms with Gasteiger partial charge in [-0.3, -0.25) is 4.79 Å². The minimum atomic E-state index is -3.45. The van der Waals surface area contributed by atoms with E-state index in [1.54, 1.807) is 30.3 Å². The molecule has 29 heavy (non-hydrogen) atoms. The average molecular weight is 416 g/mol. The Balaban J connectivity index is 1.25. The molecule has 8 heteroatoms. The number of fused-ring (bicyclic) bond motifs is 1. The first-order valence-corrected chi connectivity index (χ1v) is 11.2. The number of piperidine rings is 1. The standard InChI is InChI=1S/C21H24N2O5S/c24-21(22-14-17-6-7-19-20(12-17)28-15-27-19)13-16-8-10-23(11-9-16)29(25,26)18-4-2-1-3-5-18/h1-7,12,16H,8-11,13-15H2,(H,22,24). The highest BCUT2D eigenvalue weighted by atomic mass is 32.2. The highest BCUT2D eigenvalue weighted by Gasteiger charge is 2.30. The maximum Gasteiger partial charge on any atom is 0.243 e. The van der Waals surface area contributed by atoms with Gasteiger partial charge in [-0.05, 0) is 48.6 Å². The zero-order valence-electron chi connectivity index (χ0n) is 16.0. The molecule has 2 aromatic carbocycles. The Morgan fingerprint density at radius 2 is 1.76 bits per heavy atom. The van der Waals surface area contributed by atoms with Gasteiger partial charge in [0.05, 0.1) is 4.90 Å². The maximum absolute atomic E-state index is 12.7. The zero-order chi connectivity index (χ0) is 20.3. The smallest absolute Gasteiger partial charge is 0.243 e. The van der Waals surface area contributed by atoms with E-state index in [1.165, 1.54) is 4.31 Å². The van der Waals surface area contributed by atoms with Gasteiger partial charge < -0.3 is 14.8 Å². The molecule has 1 saturated heterocycles. The average Bonchev–Trinajstić information content (AvgIpc) is 3.21. The van der Waals surface area contributed by atoms with Crippen molar-refractivity contribution in [1.29, 1.82) is 0 Å². The monoisotopic (exact) mass is 416 g/mol. The molecule has 4 rings (SSSR count). The number of hydrogen-bond acceptors (Lipinski definition) is 5. The van der Waals surface area contributed by atoms with Gasteiger partial charge in [-0.25, -0.2) is 8.42 Å². The van der Waals surface area contributed by atoms with Gasteiger partial charge in [-0.1, -0.05) is 24.3 Å². The van der Waals surface area contributed by atoms with Crippen LogP contribution >= 0.6 is 0 Å². The van der Waals surface area contributed by atoms with Gasteiger partial charge in [0, 0.05) is 26.1 Å². The van der Waals surface area contributed by atoms with Crippen LogP contribution in [-0.2, 0) is 21.4 Å². The second-order valence-electron chi connectivity index (χ2n) is 7.33. The molecule has 2 heterocycles. The molecule has 2 aliphatic rings. The van der Waals surface area contributed by atoms with E-state index >= 15 is 0 Å². The fraction of sp³-hybridized carbons (Fsp3) is 0.381. The lowest BCUT2D eigenvalue weighted by atomic mass is 9.94. The van der Waals surface area contributed by atoms with Crippen LogP contribution in [-0.4, -0.2) is 38.5 Å². The summed E-state index contributed by atoms with van der Waals surface area (Å²) in [5, 5.41) is 2.94. The number of nitrogens with zero attached hydrogens (tertiary/aromatic N) is 1. The van der Waals surface area contributed by atoms with Crippen molar-refractivity contribution in [3.8, 4) is 11.5 Å². The molecule has 2 aliphatic heterocycles. The normalized spacial score (nSPS) is 17.2. The van der Waals surface area contributed by atoms with E-state index in [0.717, 1.165) is 11.3 Å². The van der Waals surface area contributed by atoms with Crippen molar-refractivity contribution in [2.75, 3.05) is 19.9 Å². The first kappa shape index (κ1) is 19.7. The van der Waals surface area contributed by atoms with Crippen LogP contribution in [0.15, 0.2) is 53.4 Å². The van der Waals surface area contributed by atoms with Crippen molar-refractivity contribution in [3.05, 3.63) is 54.1 Å². The predicted octanol–water partition coefficient (Wildman–Crippen LogP) is 2.52. The van der Waals surface area contributed by atoms with Crippen LogP contribution in [0.2, 0.25) is 0 Å². The Hall–Kier alpha value is -2.58. The molecular formula is C21H24N2O5S. The van der Waals surface area contributed by atoms with Gasteiger partial charge in [0.2, 0.25) is 22.7 Å². The number of benzene rings is 2. The molecule has 0 aromatic heterocycles. The van der Waals surface area contributed by atoms with Gasteiger partial charge in [0.25, 0.3) is 0 Å². The topological polar surface area (TPSA) is 84.9 Å². The molecule has 1 N–H and O–H groups in total. The lowest BCUT2D eigenvalue weighted by molar-refractivity contribution is -0.122. The summed E-state index contributed by atoms with van der Waals surface area (Å²) in [6.07, 6.45) is 1.77. The minimum absolute atomic E-state index is 0.0213. The van der Waals surface area contributed by atoms with Gasteiger partial charge in [0.1, 0.15) is 0 Å². The maximum atomic E-state index is 12.7. The molecule has 0 atom stereocenters. The molecule has 0 unspecified atom stereocenters. The van der Waals surface area contributed by atoms with Gasteiger partial charge in [-0.15, -0.1) is 0 Å². The number of ether oxygens (including phenoxy) is 2. The highest BCUT2D eigenvalue weighted by Crippen LogP contribution is 2.32. The molecular weight excluding hydrogens is 392 g/mol. The zero-order valence-corrected chi connectivity index (χ0v) is 16.9. The molecule has 0 radical (unpaired) electrons. The SMILES string of the molecule is O=C(CC1CCN(S(=O)(=O)c2ccccc2)CC1)NCc1ccc2c(c1)OCO2. The number of sulfonamides is 1. The summed E-state index contributed by atoms with van der Waals surface area (Å²) >= 11 is 0. The van der Waals surface area contributed by atoms with E-state index in [2.05, 4.69) is 5.32 Å². The Labute approximate surface area is 170 Å². The van der Waals surface area contributed by atoms with E-state index in [1.807, 2.05) is 18.2 Å². The van der Waals surface area contributed by atoms with Crippen molar-refractivity contribution >= 4 is 15.9 Å². The number of carbonyl (C=O) groups is 1. The first-order valence-electron chi connectivity index (χ1n) is 9.73. The van der Waals surface area contributed by atoms with Crippen molar-refractivity contribution in [1.82, 2.24) is 9.62 Å². The van der Waals surface area contributed by atoms with Crippen LogP contribution in [0.4, 0.5) is 0 Å². The van der Waals surface area contributed by atoms with Crippen LogP contribution in [0, 0.1) is 5.92 Å². The molecule has 0 spiro atoms. The summed E-state index contributed by atoms with van der Waals surface area (Å²) in [4.78, 5) is 12.6. The summed E-state index contributed by atoms with van der Waals surface area (Å²) in [5.74, 6) is 1.59. The highest BCUT2D eigenvalue weighted by molar-refractivity contribution is 7.89. The molecule has 7 nitrogen and oxygen atoms in total. The van der Waals surface area contributed by atoms with E-state index in [9.17, 15) is 13.2 Å². The fourth-order valence-electron chi connectivity index (χ4n) is 3.68. The second-order valence-corrected chi connectivity index (χ2v) is 9.27. The van der Waals surface area contributed by atoms with Crippen LogP contribution < -0.4 is 14.8 Å². The Morgan fingerprint density at radius 1 is 1.03 bits per heavy atom. The van der Waals surface area contributed by atoms with Gasteiger partial charge in [-0.2, -0.15) is 4.31 Å². The Morgan fingerprint density at radius 3 is 2.52 bits per heavy atom. The second kappa shape index (κ2) is 8.42. The predicted molar refractivity (Wildman–Crippen MR) is 107 cm³/mol. The van der Waals surface area contributed by atoms with Crippen LogP contribution in [0.25, 0.3) is 0 Å². The summed E-state index contributed by atoms with van der Waals surface area (Å²) in [5.41, 5.74) is 0.950. The third-order valence-corrected chi connectivity index (χ3v) is 7.27. The Kier molecular flexibility index (Phi) is 5.73. The van der Waals surface area contributed by atoms with E-state index < -0.39 is 10.0 Å². The summed E-state index contributed by atoms with van der Waals surface area (Å²) < 4.78 is 37.5. The Bertz CT molecular complexity index is 970. The summed E-state index contributed by atoms with van der Waals surface area (Å²) in [6.45, 7) is 1.54. The van der Waals surface area contributed by atoms with Gasteiger partial charge in [0.15, 0.2) is 11.5 Å². The molecule has 0 aliphatic carbocycles. The lowest BCUT2D eigenvalue weighted by Gasteiger charge is -2.31. The molecule has 1 fully saturated rings. The molecule has 1 amide bonds. The number of nitrogens with one attached hydrogen (secondary N) is 1. The number of amides is 1. The molecule has 154 valence electrons. The molecule has 2 aromatic rings. The van der Waals surface area contributed by atoms with Crippen molar-refractivity contribution < 1.29 is 22.7 Å². The van der Waals surface area contributed by atoms with Gasteiger partial charge >= 0.3 is 0 Å². The third kappa shape index (κ3) is 4.54. The third-order valence-electron chi connectivity index (χ3n) is 5.36. The van der Waals surface area contributed by atoms with Crippen molar-refractivity contribution in [2.45, 2.75) is 30.7 Å². The first-order chi connectivity index (χ1) is 14.0. The largest absolute Gasteiger partial charge is 0.454 e. The number of hydrogen-bond donors (Lipinski definition) is 1. The van der Waals surface area contributed by atoms with Crippen LogP contribution in [0.5, 0.6) is 11.5 Å². The van der Waals surface area contributed by atoms with Crippen LogP contribution in [0.3, 0.4) is 0 Å².